The number of aryl methyl sites for hydroxylation is 2. The summed E-state index contributed by atoms with van der Waals surface area (Å²) in [6.45, 7) is 7.61. The summed E-state index contributed by atoms with van der Waals surface area (Å²) < 4.78 is 6.21. The molecule has 0 fully saturated rings. The van der Waals surface area contributed by atoms with Gasteiger partial charge in [0.15, 0.2) is 0 Å². The summed E-state index contributed by atoms with van der Waals surface area (Å²) in [5.74, 6) is 0.711. The summed E-state index contributed by atoms with van der Waals surface area (Å²) in [6, 6.07) is 11.7. The van der Waals surface area contributed by atoms with Crippen molar-refractivity contribution in [2.24, 2.45) is 0 Å². The Morgan fingerprint density at radius 2 is 2.00 bits per heavy atom. The van der Waals surface area contributed by atoms with Crippen LogP contribution in [-0.2, 0) is 11.2 Å². The van der Waals surface area contributed by atoms with Gasteiger partial charge in [0.1, 0.15) is 18.9 Å². The number of hydrogen-bond acceptors (Lipinski definition) is 5. The molecule has 1 aromatic carbocycles. The number of nitrogens with zero attached hydrogens (tertiary/aromatic N) is 2. The molecule has 2 amide bonds. The predicted molar refractivity (Wildman–Crippen MR) is 130 cm³/mol. The van der Waals surface area contributed by atoms with Gasteiger partial charge in [-0.1, -0.05) is 23.8 Å². The minimum absolute atomic E-state index is 0.0390. The molecule has 0 bridgehead atoms. The van der Waals surface area contributed by atoms with E-state index in [1.54, 1.807) is 22.3 Å². The summed E-state index contributed by atoms with van der Waals surface area (Å²) >= 11 is 3.14. The van der Waals surface area contributed by atoms with Gasteiger partial charge in [0.2, 0.25) is 5.91 Å². The van der Waals surface area contributed by atoms with E-state index in [9.17, 15) is 9.59 Å². The second-order valence-electron chi connectivity index (χ2n) is 8.03. The molecule has 0 N–H and O–H groups in total. The van der Waals surface area contributed by atoms with E-state index in [4.69, 9.17) is 4.74 Å². The van der Waals surface area contributed by atoms with Gasteiger partial charge in [-0.3, -0.25) is 9.59 Å². The van der Waals surface area contributed by atoms with Crippen molar-refractivity contribution in [2.75, 3.05) is 26.2 Å². The summed E-state index contributed by atoms with van der Waals surface area (Å²) in [4.78, 5) is 31.7. The summed E-state index contributed by atoms with van der Waals surface area (Å²) in [5, 5.41) is 3.97. The maximum Gasteiger partial charge on any atom is 0.264 e. The van der Waals surface area contributed by atoms with Crippen LogP contribution in [0, 0.1) is 13.8 Å². The Hall–Kier alpha value is -2.64. The Bertz CT molecular complexity index is 1090. The highest BCUT2D eigenvalue weighted by molar-refractivity contribution is 7.12. The van der Waals surface area contributed by atoms with Crippen molar-refractivity contribution in [3.63, 3.8) is 0 Å². The van der Waals surface area contributed by atoms with E-state index >= 15 is 0 Å². The number of fused-ring (bicyclic) bond motifs is 1. The summed E-state index contributed by atoms with van der Waals surface area (Å²) in [6.07, 6.45) is 0.837. The van der Waals surface area contributed by atoms with E-state index in [2.05, 4.69) is 24.4 Å². The van der Waals surface area contributed by atoms with Crippen LogP contribution in [0.25, 0.3) is 0 Å². The number of ether oxygens (including phenoxy) is 1. The van der Waals surface area contributed by atoms with Crippen LogP contribution < -0.4 is 4.74 Å². The first-order valence-corrected chi connectivity index (χ1v) is 12.6. The van der Waals surface area contributed by atoms with Gasteiger partial charge in [0.05, 0.1) is 10.9 Å². The molecule has 168 valence electrons. The van der Waals surface area contributed by atoms with E-state index < -0.39 is 0 Å². The molecular formula is C25H28N2O3S2. The number of carbonyl (C=O) groups excluding carboxylic acids is 2. The van der Waals surface area contributed by atoms with E-state index in [0.29, 0.717) is 24.6 Å². The van der Waals surface area contributed by atoms with Gasteiger partial charge in [-0.2, -0.15) is 0 Å². The minimum atomic E-state index is -0.159. The molecule has 0 saturated carbocycles. The lowest BCUT2D eigenvalue weighted by Crippen LogP contribution is -2.47. The van der Waals surface area contributed by atoms with Crippen molar-refractivity contribution >= 4 is 34.5 Å². The third kappa shape index (κ3) is 4.74. The number of amides is 2. The Morgan fingerprint density at radius 3 is 2.72 bits per heavy atom. The van der Waals surface area contributed by atoms with Crippen LogP contribution in [0.5, 0.6) is 5.75 Å². The van der Waals surface area contributed by atoms with Crippen LogP contribution in [0.3, 0.4) is 0 Å². The van der Waals surface area contributed by atoms with Crippen molar-refractivity contribution in [1.29, 1.82) is 0 Å². The molecule has 7 heteroatoms. The van der Waals surface area contributed by atoms with Crippen molar-refractivity contribution in [3.05, 3.63) is 73.6 Å². The number of thiophene rings is 2. The zero-order chi connectivity index (χ0) is 22.7. The van der Waals surface area contributed by atoms with E-state index in [1.807, 2.05) is 42.3 Å². The zero-order valence-corrected chi connectivity index (χ0v) is 20.3. The quantitative estimate of drug-likeness (QED) is 0.485. The van der Waals surface area contributed by atoms with Gasteiger partial charge in [-0.25, -0.2) is 0 Å². The van der Waals surface area contributed by atoms with Gasteiger partial charge >= 0.3 is 0 Å². The molecule has 0 radical (unpaired) electrons. The molecule has 3 aromatic rings. The second-order valence-corrected chi connectivity index (χ2v) is 9.98. The second kappa shape index (κ2) is 9.88. The Balaban J connectivity index is 1.51. The van der Waals surface area contributed by atoms with Crippen LogP contribution in [0.1, 0.15) is 44.2 Å². The fourth-order valence-electron chi connectivity index (χ4n) is 4.14. The Morgan fingerprint density at radius 1 is 1.16 bits per heavy atom. The molecule has 1 aliphatic rings. The Kier molecular flexibility index (Phi) is 6.96. The SMILES string of the molecule is CCN(CC(=O)N1CCc2sccc2[C@@H]1COc1ccc(C)cc1C)C(=O)c1cccs1. The first kappa shape index (κ1) is 22.6. The molecule has 3 heterocycles. The molecular weight excluding hydrogens is 440 g/mol. The lowest BCUT2D eigenvalue weighted by atomic mass is 10.00. The number of hydrogen-bond donors (Lipinski definition) is 0. The number of likely N-dealkylation sites (N-methyl/N-ethyl adjacent to an activating group) is 1. The first-order valence-electron chi connectivity index (χ1n) is 10.9. The van der Waals surface area contributed by atoms with Crippen molar-refractivity contribution in [3.8, 4) is 5.75 Å². The molecule has 2 aromatic heterocycles. The molecule has 5 nitrogen and oxygen atoms in total. The van der Waals surface area contributed by atoms with E-state index in [0.717, 1.165) is 23.3 Å². The molecule has 0 spiro atoms. The van der Waals surface area contributed by atoms with Crippen LogP contribution >= 0.6 is 22.7 Å². The highest BCUT2D eigenvalue weighted by Gasteiger charge is 2.33. The monoisotopic (exact) mass is 468 g/mol. The van der Waals surface area contributed by atoms with E-state index in [-0.39, 0.29) is 24.4 Å². The van der Waals surface area contributed by atoms with Gasteiger partial charge in [0, 0.05) is 18.0 Å². The van der Waals surface area contributed by atoms with Gasteiger partial charge in [-0.15, -0.1) is 22.7 Å². The van der Waals surface area contributed by atoms with Crippen LogP contribution in [0.2, 0.25) is 0 Å². The molecule has 0 unspecified atom stereocenters. The fourth-order valence-corrected chi connectivity index (χ4v) is 5.76. The molecule has 0 aliphatic carbocycles. The lowest BCUT2D eigenvalue weighted by molar-refractivity contribution is -0.135. The minimum Gasteiger partial charge on any atom is -0.491 e. The molecule has 4 rings (SSSR count). The van der Waals surface area contributed by atoms with Crippen LogP contribution in [0.4, 0.5) is 0 Å². The molecule has 1 atom stereocenters. The largest absolute Gasteiger partial charge is 0.491 e. The topological polar surface area (TPSA) is 49.9 Å². The zero-order valence-electron chi connectivity index (χ0n) is 18.7. The van der Waals surface area contributed by atoms with Gasteiger partial charge in [0.25, 0.3) is 5.91 Å². The van der Waals surface area contributed by atoms with Crippen molar-refractivity contribution in [2.45, 2.75) is 33.2 Å². The Labute approximate surface area is 197 Å². The number of benzene rings is 1. The maximum atomic E-state index is 13.4. The smallest absolute Gasteiger partial charge is 0.264 e. The number of rotatable bonds is 7. The van der Waals surface area contributed by atoms with Crippen LogP contribution in [-0.4, -0.2) is 47.9 Å². The predicted octanol–water partition coefficient (Wildman–Crippen LogP) is 5.09. The van der Waals surface area contributed by atoms with Crippen molar-refractivity contribution < 1.29 is 14.3 Å². The maximum absolute atomic E-state index is 13.4. The average Bonchev–Trinajstić information content (AvgIpc) is 3.48. The highest BCUT2D eigenvalue weighted by Crippen LogP contribution is 2.34. The van der Waals surface area contributed by atoms with Crippen LogP contribution in [0.15, 0.2) is 47.2 Å². The third-order valence-corrected chi connectivity index (χ3v) is 7.72. The summed E-state index contributed by atoms with van der Waals surface area (Å²) in [7, 11) is 0. The molecule has 1 aliphatic heterocycles. The normalized spacial score (nSPS) is 15.3. The fraction of sp³-hybridized carbons (Fsp3) is 0.360. The van der Waals surface area contributed by atoms with Crippen molar-refractivity contribution in [1.82, 2.24) is 9.80 Å². The third-order valence-electron chi connectivity index (χ3n) is 5.87. The first-order chi connectivity index (χ1) is 15.5. The van der Waals surface area contributed by atoms with E-state index in [1.165, 1.54) is 21.8 Å². The van der Waals surface area contributed by atoms with Gasteiger partial charge in [-0.05, 0) is 67.3 Å². The highest BCUT2D eigenvalue weighted by atomic mass is 32.1. The standard InChI is InChI=1S/C25H28N2O3S2/c1-4-26(25(29)23-6-5-12-31-23)15-24(28)27-11-9-22-19(10-13-32-22)20(27)16-30-21-8-7-17(2)14-18(21)3/h5-8,10,12-14,20H,4,9,11,15-16H2,1-3H3/t20-/m0/s1. The molecule has 0 saturated heterocycles. The number of carbonyl (C=O) groups is 2. The summed E-state index contributed by atoms with van der Waals surface area (Å²) in [5.41, 5.74) is 3.44. The van der Waals surface area contributed by atoms with Gasteiger partial charge < -0.3 is 14.5 Å². The average molecular weight is 469 g/mol. The lowest BCUT2D eigenvalue weighted by Gasteiger charge is -2.37. The molecule has 32 heavy (non-hydrogen) atoms.